The van der Waals surface area contributed by atoms with Crippen LogP contribution in [0.2, 0.25) is 10.0 Å². The Kier molecular flexibility index (Phi) is 7.50. The van der Waals surface area contributed by atoms with E-state index in [0.717, 1.165) is 24.0 Å². The first kappa shape index (κ1) is 23.4. The second kappa shape index (κ2) is 9.92. The zero-order valence-electron chi connectivity index (χ0n) is 17.9. The van der Waals surface area contributed by atoms with Gasteiger partial charge in [-0.05, 0) is 60.6 Å². The lowest BCUT2D eigenvalue weighted by Gasteiger charge is -2.29. The summed E-state index contributed by atoms with van der Waals surface area (Å²) in [5, 5.41) is 3.86. The van der Waals surface area contributed by atoms with Gasteiger partial charge < -0.3 is 14.8 Å². The van der Waals surface area contributed by atoms with Crippen molar-refractivity contribution in [2.24, 2.45) is 5.92 Å². The van der Waals surface area contributed by atoms with Crippen LogP contribution in [0, 0.1) is 5.92 Å². The van der Waals surface area contributed by atoms with E-state index < -0.39 is 29.6 Å². The summed E-state index contributed by atoms with van der Waals surface area (Å²) in [6, 6.07) is 14.1. The Hall–Kier alpha value is -2.24. The number of hydrogen-bond acceptors (Lipinski definition) is 4. The first-order valence-corrected chi connectivity index (χ1v) is 11.1. The topological polar surface area (TPSA) is 64.6 Å². The van der Waals surface area contributed by atoms with Crippen molar-refractivity contribution in [2.45, 2.75) is 50.7 Å². The number of carbonyl (C=O) groups is 2. The summed E-state index contributed by atoms with van der Waals surface area (Å²) in [4.78, 5) is 25.0. The van der Waals surface area contributed by atoms with Crippen molar-refractivity contribution in [1.82, 2.24) is 5.32 Å². The Labute approximate surface area is 193 Å². The van der Waals surface area contributed by atoms with Gasteiger partial charge in [0.2, 0.25) is 0 Å². The van der Waals surface area contributed by atoms with Crippen LogP contribution in [0.4, 0.5) is 4.79 Å². The lowest BCUT2D eigenvalue weighted by Crippen LogP contribution is -2.43. The number of methoxy groups -OCH3 is 1. The van der Waals surface area contributed by atoms with E-state index in [2.05, 4.69) is 5.32 Å². The molecule has 3 rings (SSSR count). The molecule has 1 fully saturated rings. The highest BCUT2D eigenvalue weighted by Crippen LogP contribution is 2.58. The number of carbonyl (C=O) groups excluding carboxylic acids is 2. The SMILES string of the molecule is COC(=O)C(CC(C)C)NC(=O)OC(c1cccc(Cl)c1)C1(c2cccc(Cl)c2)CC1. The minimum atomic E-state index is -0.779. The van der Waals surface area contributed by atoms with Gasteiger partial charge in [-0.25, -0.2) is 9.59 Å². The molecule has 2 unspecified atom stereocenters. The average molecular weight is 464 g/mol. The summed E-state index contributed by atoms with van der Waals surface area (Å²) in [6.07, 6.45) is 0.869. The predicted molar refractivity (Wildman–Crippen MR) is 121 cm³/mol. The number of benzene rings is 2. The molecule has 1 amide bonds. The van der Waals surface area contributed by atoms with Crippen molar-refractivity contribution in [3.8, 4) is 0 Å². The molecule has 0 spiro atoms. The van der Waals surface area contributed by atoms with Crippen molar-refractivity contribution in [1.29, 1.82) is 0 Å². The molecule has 1 saturated carbocycles. The highest BCUT2D eigenvalue weighted by atomic mass is 35.5. The highest BCUT2D eigenvalue weighted by molar-refractivity contribution is 6.30. The van der Waals surface area contributed by atoms with Gasteiger partial charge in [0.05, 0.1) is 7.11 Å². The molecule has 5 nitrogen and oxygen atoms in total. The van der Waals surface area contributed by atoms with Crippen LogP contribution < -0.4 is 5.32 Å². The molecule has 2 aromatic rings. The normalized spacial score (nSPS) is 16.3. The van der Waals surface area contributed by atoms with Gasteiger partial charge in [-0.2, -0.15) is 0 Å². The average Bonchev–Trinajstić information content (AvgIpc) is 3.52. The fourth-order valence-electron chi connectivity index (χ4n) is 3.92. The number of esters is 1. The van der Waals surface area contributed by atoms with Gasteiger partial charge in [0, 0.05) is 15.5 Å². The number of amides is 1. The Morgan fingerprint density at radius 2 is 1.71 bits per heavy atom. The zero-order chi connectivity index (χ0) is 22.6. The summed E-state index contributed by atoms with van der Waals surface area (Å²) in [7, 11) is 1.30. The zero-order valence-corrected chi connectivity index (χ0v) is 19.4. The third-order valence-corrected chi connectivity index (χ3v) is 6.02. The number of halogens is 2. The standard InChI is InChI=1S/C24H27Cl2NO4/c1-15(2)12-20(22(28)30-3)27-23(29)31-21(16-6-4-8-18(25)13-16)24(10-11-24)17-7-5-9-19(26)14-17/h4-9,13-15,20-21H,10-12H2,1-3H3,(H,27,29). The van der Waals surface area contributed by atoms with E-state index in [9.17, 15) is 9.59 Å². The molecule has 1 N–H and O–H groups in total. The Balaban J connectivity index is 1.89. The van der Waals surface area contributed by atoms with E-state index in [4.69, 9.17) is 32.7 Å². The number of rotatable bonds is 8. The molecule has 0 radical (unpaired) electrons. The predicted octanol–water partition coefficient (Wildman–Crippen LogP) is 6.08. The summed E-state index contributed by atoms with van der Waals surface area (Å²) in [5.74, 6) is -0.310. The molecular weight excluding hydrogens is 437 g/mol. The van der Waals surface area contributed by atoms with Gasteiger partial charge in [0.1, 0.15) is 12.1 Å². The monoisotopic (exact) mass is 463 g/mol. The van der Waals surface area contributed by atoms with Crippen LogP contribution in [-0.4, -0.2) is 25.2 Å². The number of alkyl carbamates (subject to hydrolysis) is 1. The van der Waals surface area contributed by atoms with Gasteiger partial charge in [-0.15, -0.1) is 0 Å². The molecule has 31 heavy (non-hydrogen) atoms. The van der Waals surface area contributed by atoms with Crippen LogP contribution in [0.5, 0.6) is 0 Å². The number of hydrogen-bond donors (Lipinski definition) is 1. The van der Waals surface area contributed by atoms with Crippen molar-refractivity contribution >= 4 is 35.3 Å². The molecule has 0 bridgehead atoms. The third-order valence-electron chi connectivity index (χ3n) is 5.55. The lowest BCUT2D eigenvalue weighted by molar-refractivity contribution is -0.143. The summed E-state index contributed by atoms with van der Waals surface area (Å²) in [5.41, 5.74) is 1.40. The van der Waals surface area contributed by atoms with Crippen molar-refractivity contribution in [2.75, 3.05) is 7.11 Å². The lowest BCUT2D eigenvalue weighted by atomic mass is 9.86. The maximum Gasteiger partial charge on any atom is 0.408 e. The quantitative estimate of drug-likeness (QED) is 0.481. The van der Waals surface area contributed by atoms with Gasteiger partial charge >= 0.3 is 12.1 Å². The van der Waals surface area contributed by atoms with Crippen LogP contribution in [0.25, 0.3) is 0 Å². The molecule has 0 aliphatic heterocycles. The summed E-state index contributed by atoms with van der Waals surface area (Å²) >= 11 is 12.5. The summed E-state index contributed by atoms with van der Waals surface area (Å²) < 4.78 is 10.8. The molecule has 0 saturated heterocycles. The summed E-state index contributed by atoms with van der Waals surface area (Å²) in [6.45, 7) is 3.94. The minimum Gasteiger partial charge on any atom is -0.467 e. The van der Waals surface area contributed by atoms with Crippen LogP contribution in [0.15, 0.2) is 48.5 Å². The van der Waals surface area contributed by atoms with E-state index in [1.165, 1.54) is 7.11 Å². The van der Waals surface area contributed by atoms with Gasteiger partial charge in [-0.1, -0.05) is 61.3 Å². The number of ether oxygens (including phenoxy) is 2. The Morgan fingerprint density at radius 1 is 1.06 bits per heavy atom. The first-order valence-electron chi connectivity index (χ1n) is 10.3. The van der Waals surface area contributed by atoms with Crippen LogP contribution >= 0.6 is 23.2 Å². The second-order valence-corrected chi connectivity index (χ2v) is 9.23. The van der Waals surface area contributed by atoms with Crippen LogP contribution in [0.3, 0.4) is 0 Å². The number of nitrogens with one attached hydrogen (secondary N) is 1. The van der Waals surface area contributed by atoms with Crippen molar-refractivity contribution in [3.05, 3.63) is 69.7 Å². The molecule has 0 aromatic heterocycles. The maximum atomic E-state index is 12.9. The molecule has 1 aliphatic rings. The van der Waals surface area contributed by atoms with Crippen LogP contribution in [-0.2, 0) is 19.7 Å². The van der Waals surface area contributed by atoms with E-state index in [1.807, 2.05) is 50.2 Å². The fourth-order valence-corrected chi connectivity index (χ4v) is 4.30. The molecule has 0 heterocycles. The largest absolute Gasteiger partial charge is 0.467 e. The molecule has 7 heteroatoms. The van der Waals surface area contributed by atoms with Gasteiger partial charge in [-0.3, -0.25) is 0 Å². The molecule has 2 aromatic carbocycles. The van der Waals surface area contributed by atoms with E-state index in [1.54, 1.807) is 12.1 Å². The van der Waals surface area contributed by atoms with Gasteiger partial charge in [0.15, 0.2) is 0 Å². The molecule has 2 atom stereocenters. The van der Waals surface area contributed by atoms with Gasteiger partial charge in [0.25, 0.3) is 0 Å². The van der Waals surface area contributed by atoms with E-state index in [-0.39, 0.29) is 5.92 Å². The molecule has 166 valence electrons. The smallest absolute Gasteiger partial charge is 0.408 e. The fraction of sp³-hybridized carbons (Fsp3) is 0.417. The second-order valence-electron chi connectivity index (χ2n) is 8.36. The van der Waals surface area contributed by atoms with E-state index in [0.29, 0.717) is 16.5 Å². The Bertz CT molecular complexity index is 943. The van der Waals surface area contributed by atoms with Crippen LogP contribution in [0.1, 0.15) is 50.3 Å². The maximum absolute atomic E-state index is 12.9. The highest BCUT2D eigenvalue weighted by Gasteiger charge is 2.53. The molecular formula is C24H27Cl2NO4. The minimum absolute atomic E-state index is 0.189. The first-order chi connectivity index (χ1) is 14.7. The van der Waals surface area contributed by atoms with Crippen molar-refractivity contribution in [3.63, 3.8) is 0 Å². The van der Waals surface area contributed by atoms with Crippen molar-refractivity contribution < 1.29 is 19.1 Å². The Morgan fingerprint density at radius 3 is 2.26 bits per heavy atom. The van der Waals surface area contributed by atoms with E-state index >= 15 is 0 Å². The third kappa shape index (κ3) is 5.72. The molecule has 1 aliphatic carbocycles.